The Bertz CT molecular complexity index is 939. The molecule has 1 saturated heterocycles. The Morgan fingerprint density at radius 3 is 2.77 bits per heavy atom. The Labute approximate surface area is 186 Å². The number of thioether (sulfide) groups is 1. The molecule has 164 valence electrons. The molecule has 0 spiro atoms. The molecule has 0 unspecified atom stereocenters. The first-order valence-electron chi connectivity index (χ1n) is 10.6. The highest BCUT2D eigenvalue weighted by molar-refractivity contribution is 7.99. The molecule has 3 rings (SSSR count). The molecule has 2 heterocycles. The number of aromatic nitrogens is 2. The van der Waals surface area contributed by atoms with Crippen molar-refractivity contribution in [3.05, 3.63) is 33.6 Å². The second-order valence-electron chi connectivity index (χ2n) is 8.14. The number of rotatable bonds is 8. The number of halogens is 1. The zero-order valence-electron chi connectivity index (χ0n) is 17.9. The van der Waals surface area contributed by atoms with Crippen molar-refractivity contribution in [3.63, 3.8) is 0 Å². The van der Waals surface area contributed by atoms with Crippen molar-refractivity contribution < 1.29 is 9.53 Å². The molecule has 1 aliphatic rings. The van der Waals surface area contributed by atoms with E-state index in [0.29, 0.717) is 46.6 Å². The lowest BCUT2D eigenvalue weighted by molar-refractivity contribution is -0.129. The summed E-state index contributed by atoms with van der Waals surface area (Å²) in [7, 11) is 0. The van der Waals surface area contributed by atoms with Gasteiger partial charge in [-0.05, 0) is 57.2 Å². The lowest BCUT2D eigenvalue weighted by atomic mass is 9.99. The zero-order chi connectivity index (χ0) is 21.7. The molecule has 30 heavy (non-hydrogen) atoms. The van der Waals surface area contributed by atoms with Gasteiger partial charge in [0.15, 0.2) is 5.16 Å². The number of hydrogen-bond donors (Lipinski definition) is 0. The van der Waals surface area contributed by atoms with Crippen LogP contribution in [-0.4, -0.2) is 51.9 Å². The van der Waals surface area contributed by atoms with Crippen molar-refractivity contribution in [2.75, 3.05) is 25.4 Å². The highest BCUT2D eigenvalue weighted by Crippen LogP contribution is 2.22. The van der Waals surface area contributed by atoms with E-state index in [-0.39, 0.29) is 23.3 Å². The third-order valence-electron chi connectivity index (χ3n) is 5.32. The Morgan fingerprint density at radius 2 is 2.07 bits per heavy atom. The fourth-order valence-electron chi connectivity index (χ4n) is 3.50. The Hall–Kier alpha value is -1.57. The molecule has 0 saturated carbocycles. The number of ether oxygens (including phenoxy) is 1. The molecule has 0 atom stereocenters. The summed E-state index contributed by atoms with van der Waals surface area (Å²) >= 11 is 7.43. The standard InChI is InChI=1S/C22H30ClN3O3S/c1-15(2)29-12-4-9-26-21(28)18-6-5-17(23)13-19(18)24-22(26)30-14-20(27)25-10-7-16(3)8-11-25/h5-6,13,15-16H,4,7-12,14H2,1-3H3. The van der Waals surface area contributed by atoms with Crippen molar-refractivity contribution in [2.45, 2.75) is 57.8 Å². The number of carbonyl (C=O) groups is 1. The number of amides is 1. The van der Waals surface area contributed by atoms with E-state index in [1.54, 1.807) is 22.8 Å². The second-order valence-corrected chi connectivity index (χ2v) is 9.52. The molecular formula is C22H30ClN3O3S. The van der Waals surface area contributed by atoms with Crippen molar-refractivity contribution in [3.8, 4) is 0 Å². The van der Waals surface area contributed by atoms with Gasteiger partial charge in [-0.3, -0.25) is 14.2 Å². The Kier molecular flexibility index (Phi) is 8.20. The van der Waals surface area contributed by atoms with Crippen molar-refractivity contribution >= 4 is 40.2 Å². The van der Waals surface area contributed by atoms with Gasteiger partial charge in [0, 0.05) is 31.3 Å². The van der Waals surface area contributed by atoms with Gasteiger partial charge in [-0.15, -0.1) is 0 Å². The molecule has 0 aliphatic carbocycles. The van der Waals surface area contributed by atoms with Gasteiger partial charge in [0.1, 0.15) is 0 Å². The smallest absolute Gasteiger partial charge is 0.262 e. The molecule has 8 heteroatoms. The van der Waals surface area contributed by atoms with Gasteiger partial charge in [-0.1, -0.05) is 30.3 Å². The van der Waals surface area contributed by atoms with Gasteiger partial charge in [-0.2, -0.15) is 0 Å². The number of benzene rings is 1. The molecule has 1 aromatic heterocycles. The van der Waals surface area contributed by atoms with E-state index in [4.69, 9.17) is 16.3 Å². The van der Waals surface area contributed by atoms with Crippen LogP contribution in [0.2, 0.25) is 5.02 Å². The van der Waals surface area contributed by atoms with Gasteiger partial charge >= 0.3 is 0 Å². The monoisotopic (exact) mass is 451 g/mol. The number of nitrogens with zero attached hydrogens (tertiary/aromatic N) is 3. The van der Waals surface area contributed by atoms with Crippen LogP contribution >= 0.6 is 23.4 Å². The summed E-state index contributed by atoms with van der Waals surface area (Å²) < 4.78 is 7.27. The molecule has 0 bridgehead atoms. The van der Waals surface area contributed by atoms with E-state index in [0.717, 1.165) is 25.9 Å². The third-order valence-corrected chi connectivity index (χ3v) is 6.52. The first-order chi connectivity index (χ1) is 14.3. The summed E-state index contributed by atoms with van der Waals surface area (Å²) in [6.45, 7) is 8.87. The van der Waals surface area contributed by atoms with E-state index in [2.05, 4.69) is 11.9 Å². The summed E-state index contributed by atoms with van der Waals surface area (Å²) in [5.74, 6) is 1.05. The number of piperidine rings is 1. The maximum atomic E-state index is 13.1. The molecule has 1 aromatic carbocycles. The van der Waals surface area contributed by atoms with Gasteiger partial charge in [0.05, 0.1) is 22.8 Å². The number of likely N-dealkylation sites (tertiary alicyclic amines) is 1. The normalized spacial score (nSPS) is 15.3. The fraction of sp³-hybridized carbons (Fsp3) is 0.591. The maximum Gasteiger partial charge on any atom is 0.262 e. The van der Waals surface area contributed by atoms with Crippen molar-refractivity contribution in [1.29, 1.82) is 0 Å². The predicted molar refractivity (Wildman–Crippen MR) is 122 cm³/mol. The lowest BCUT2D eigenvalue weighted by Gasteiger charge is -2.30. The predicted octanol–water partition coefficient (Wildman–Crippen LogP) is 4.22. The molecule has 0 N–H and O–H groups in total. The van der Waals surface area contributed by atoms with Crippen LogP contribution in [0.15, 0.2) is 28.2 Å². The highest BCUT2D eigenvalue weighted by atomic mass is 35.5. The summed E-state index contributed by atoms with van der Waals surface area (Å²) in [4.78, 5) is 32.4. The Balaban J connectivity index is 1.78. The molecule has 6 nitrogen and oxygen atoms in total. The average Bonchev–Trinajstić information content (AvgIpc) is 2.71. The van der Waals surface area contributed by atoms with Gasteiger partial charge in [0.2, 0.25) is 5.91 Å². The molecule has 1 aliphatic heterocycles. The van der Waals surface area contributed by atoms with E-state index >= 15 is 0 Å². The highest BCUT2D eigenvalue weighted by Gasteiger charge is 2.21. The minimum absolute atomic E-state index is 0.0991. The van der Waals surface area contributed by atoms with Gasteiger partial charge in [-0.25, -0.2) is 4.98 Å². The van der Waals surface area contributed by atoms with Gasteiger partial charge < -0.3 is 9.64 Å². The van der Waals surface area contributed by atoms with Crippen LogP contribution in [0.5, 0.6) is 0 Å². The summed E-state index contributed by atoms with van der Waals surface area (Å²) in [5.41, 5.74) is 0.451. The first kappa shape index (κ1) is 23.1. The van der Waals surface area contributed by atoms with E-state index in [9.17, 15) is 9.59 Å². The van der Waals surface area contributed by atoms with Crippen LogP contribution < -0.4 is 5.56 Å². The second kappa shape index (κ2) is 10.6. The van der Waals surface area contributed by atoms with E-state index in [1.807, 2.05) is 18.7 Å². The minimum atomic E-state index is -0.108. The molecule has 2 aromatic rings. The molecule has 1 amide bonds. The summed E-state index contributed by atoms with van der Waals surface area (Å²) in [6.07, 6.45) is 2.94. The SMILES string of the molecule is CC1CCN(C(=O)CSc2nc3cc(Cl)ccc3c(=O)n2CCCOC(C)C)CC1. The zero-order valence-corrected chi connectivity index (χ0v) is 19.5. The van der Waals surface area contributed by atoms with Crippen molar-refractivity contribution in [2.24, 2.45) is 5.92 Å². The molecule has 0 radical (unpaired) electrons. The molecule has 1 fully saturated rings. The third kappa shape index (κ3) is 5.99. The number of fused-ring (bicyclic) bond motifs is 1. The summed E-state index contributed by atoms with van der Waals surface area (Å²) in [5, 5.41) is 1.62. The van der Waals surface area contributed by atoms with Crippen LogP contribution in [0.1, 0.15) is 40.0 Å². The van der Waals surface area contributed by atoms with Crippen LogP contribution in [0.25, 0.3) is 10.9 Å². The quantitative estimate of drug-likeness (QED) is 0.341. The van der Waals surface area contributed by atoms with E-state index < -0.39 is 0 Å². The summed E-state index contributed by atoms with van der Waals surface area (Å²) in [6, 6.07) is 5.11. The van der Waals surface area contributed by atoms with E-state index in [1.165, 1.54) is 11.8 Å². The lowest BCUT2D eigenvalue weighted by Crippen LogP contribution is -2.39. The molecular weight excluding hydrogens is 422 g/mol. The van der Waals surface area contributed by atoms with Crippen LogP contribution in [-0.2, 0) is 16.1 Å². The van der Waals surface area contributed by atoms with Crippen LogP contribution in [0, 0.1) is 5.92 Å². The average molecular weight is 452 g/mol. The fourth-order valence-corrected chi connectivity index (χ4v) is 4.59. The maximum absolute atomic E-state index is 13.1. The van der Waals surface area contributed by atoms with Crippen LogP contribution in [0.3, 0.4) is 0 Å². The largest absolute Gasteiger partial charge is 0.379 e. The Morgan fingerprint density at radius 1 is 1.33 bits per heavy atom. The first-order valence-corrected chi connectivity index (χ1v) is 11.9. The number of hydrogen-bond acceptors (Lipinski definition) is 5. The van der Waals surface area contributed by atoms with Crippen LogP contribution in [0.4, 0.5) is 0 Å². The topological polar surface area (TPSA) is 64.4 Å². The number of carbonyl (C=O) groups excluding carboxylic acids is 1. The minimum Gasteiger partial charge on any atom is -0.379 e. The van der Waals surface area contributed by atoms with Crippen molar-refractivity contribution in [1.82, 2.24) is 14.5 Å². The van der Waals surface area contributed by atoms with Gasteiger partial charge in [0.25, 0.3) is 5.56 Å².